The van der Waals surface area contributed by atoms with Crippen molar-refractivity contribution in [1.82, 2.24) is 15.2 Å². The number of nitrogens with zero attached hydrogens (tertiary/aromatic N) is 1. The number of aryl methyl sites for hydroxylation is 1. The summed E-state index contributed by atoms with van der Waals surface area (Å²) in [6, 6.07) is 7.41. The van der Waals surface area contributed by atoms with E-state index in [1.807, 2.05) is 26.0 Å². The largest absolute Gasteiger partial charge is 0.481 e. The van der Waals surface area contributed by atoms with E-state index in [0.29, 0.717) is 19.4 Å². The van der Waals surface area contributed by atoms with Gasteiger partial charge in [0, 0.05) is 42.5 Å². The Labute approximate surface area is 195 Å². The molecule has 0 spiro atoms. The molecule has 33 heavy (non-hydrogen) atoms. The van der Waals surface area contributed by atoms with Gasteiger partial charge in [-0.15, -0.1) is 0 Å². The third-order valence-electron chi connectivity index (χ3n) is 6.35. The zero-order valence-corrected chi connectivity index (χ0v) is 19.8. The van der Waals surface area contributed by atoms with Crippen LogP contribution in [0.4, 0.5) is 0 Å². The van der Waals surface area contributed by atoms with Crippen LogP contribution >= 0.6 is 0 Å². The van der Waals surface area contributed by atoms with E-state index in [-0.39, 0.29) is 24.2 Å². The van der Waals surface area contributed by atoms with E-state index in [0.717, 1.165) is 55.1 Å². The van der Waals surface area contributed by atoms with Gasteiger partial charge in [-0.1, -0.05) is 51.3 Å². The smallest absolute Gasteiger partial charge is 0.304 e. The molecule has 2 aromatic rings. The van der Waals surface area contributed by atoms with E-state index in [4.69, 9.17) is 0 Å². The number of hydrogen-bond donors (Lipinski definition) is 3. The van der Waals surface area contributed by atoms with E-state index >= 15 is 0 Å². The first-order chi connectivity index (χ1) is 15.8. The van der Waals surface area contributed by atoms with Crippen molar-refractivity contribution in [2.24, 2.45) is 11.8 Å². The lowest BCUT2D eigenvalue weighted by Gasteiger charge is -2.23. The Morgan fingerprint density at radius 1 is 1.15 bits per heavy atom. The van der Waals surface area contributed by atoms with Crippen molar-refractivity contribution in [2.45, 2.75) is 77.8 Å². The van der Waals surface area contributed by atoms with Crippen LogP contribution in [0.25, 0.3) is 10.9 Å². The zero-order valence-electron chi connectivity index (χ0n) is 19.8. The molecule has 3 N–H and O–H groups in total. The van der Waals surface area contributed by atoms with Crippen LogP contribution in [0.15, 0.2) is 30.5 Å². The average molecular weight is 456 g/mol. The second-order valence-electron chi connectivity index (χ2n) is 9.61. The molecule has 3 rings (SSSR count). The average Bonchev–Trinajstić information content (AvgIpc) is 3.10. The molecular weight excluding hydrogens is 418 g/mol. The number of carboxylic acids is 1. The fraction of sp³-hybridized carbons (Fsp3) is 0.577. The van der Waals surface area contributed by atoms with Crippen LogP contribution in [0.2, 0.25) is 0 Å². The van der Waals surface area contributed by atoms with Gasteiger partial charge in [0.25, 0.3) is 0 Å². The maximum absolute atomic E-state index is 13.1. The summed E-state index contributed by atoms with van der Waals surface area (Å²) in [6.07, 6.45) is 8.07. The molecule has 0 saturated carbocycles. The number of aliphatic carboxylic acids is 1. The monoisotopic (exact) mass is 455 g/mol. The lowest BCUT2D eigenvalue weighted by Crippen LogP contribution is -2.50. The van der Waals surface area contributed by atoms with Crippen LogP contribution in [0.1, 0.15) is 64.4 Å². The van der Waals surface area contributed by atoms with Gasteiger partial charge in [-0.25, -0.2) is 0 Å². The Kier molecular flexibility index (Phi) is 8.92. The number of para-hydroxylation sites is 1. The number of carbonyl (C=O) groups is 3. The number of hydrogen-bond acceptors (Lipinski definition) is 3. The molecule has 1 aliphatic rings. The predicted molar refractivity (Wildman–Crippen MR) is 129 cm³/mol. The van der Waals surface area contributed by atoms with Gasteiger partial charge in [0.05, 0.1) is 6.42 Å². The summed E-state index contributed by atoms with van der Waals surface area (Å²) in [5.41, 5.74) is 2.15. The third kappa shape index (κ3) is 7.07. The van der Waals surface area contributed by atoms with Gasteiger partial charge in [0.2, 0.25) is 11.8 Å². The molecule has 0 fully saturated rings. The minimum absolute atomic E-state index is 0.177. The van der Waals surface area contributed by atoms with Crippen LogP contribution in [0.3, 0.4) is 0 Å². The highest BCUT2D eigenvalue weighted by Crippen LogP contribution is 2.24. The van der Waals surface area contributed by atoms with Gasteiger partial charge >= 0.3 is 5.97 Å². The minimum Gasteiger partial charge on any atom is -0.481 e. The van der Waals surface area contributed by atoms with Crippen molar-refractivity contribution in [1.29, 1.82) is 0 Å². The van der Waals surface area contributed by atoms with Gasteiger partial charge in [0.1, 0.15) is 6.04 Å². The molecule has 1 aromatic heterocycles. The summed E-state index contributed by atoms with van der Waals surface area (Å²) < 4.78 is 2.25. The summed E-state index contributed by atoms with van der Waals surface area (Å²) in [4.78, 5) is 37.5. The number of benzene rings is 1. The maximum Gasteiger partial charge on any atom is 0.304 e. The standard InChI is InChI=1S/C26H37N3O4/c1-18(2)14-19(16-24(30)31)25(32)28-22-15-20-17-29(23-11-7-6-10-21(20)23)13-9-5-3-4-8-12-27-26(22)33/h6-7,10-11,17-19,22H,3-5,8-9,12-16H2,1-2H3,(H,27,33)(H,28,32)(H,30,31). The van der Waals surface area contributed by atoms with Gasteiger partial charge < -0.3 is 20.3 Å². The molecule has 1 aromatic carbocycles. The number of amides is 2. The van der Waals surface area contributed by atoms with Crippen LogP contribution in [-0.4, -0.2) is 40.0 Å². The molecule has 0 saturated heterocycles. The molecule has 2 atom stereocenters. The highest BCUT2D eigenvalue weighted by atomic mass is 16.4. The van der Waals surface area contributed by atoms with E-state index in [1.54, 1.807) is 0 Å². The first-order valence-corrected chi connectivity index (χ1v) is 12.2. The molecular formula is C26H37N3O4. The van der Waals surface area contributed by atoms with E-state index in [2.05, 4.69) is 33.5 Å². The van der Waals surface area contributed by atoms with Crippen molar-refractivity contribution >= 4 is 28.7 Å². The van der Waals surface area contributed by atoms with Crippen molar-refractivity contribution in [3.63, 3.8) is 0 Å². The van der Waals surface area contributed by atoms with Gasteiger partial charge in [-0.2, -0.15) is 0 Å². The molecule has 2 amide bonds. The third-order valence-corrected chi connectivity index (χ3v) is 6.35. The molecule has 0 radical (unpaired) electrons. The summed E-state index contributed by atoms with van der Waals surface area (Å²) in [6.45, 7) is 5.44. The van der Waals surface area contributed by atoms with Crippen LogP contribution in [0, 0.1) is 11.8 Å². The molecule has 0 aliphatic carbocycles. The van der Waals surface area contributed by atoms with Gasteiger partial charge in [-0.05, 0) is 36.8 Å². The number of carbonyl (C=O) groups excluding carboxylic acids is 2. The summed E-state index contributed by atoms with van der Waals surface area (Å²) in [5, 5.41) is 16.3. The van der Waals surface area contributed by atoms with Crippen molar-refractivity contribution in [2.75, 3.05) is 6.54 Å². The normalized spacial score (nSPS) is 19.0. The SMILES string of the molecule is CC(C)CC(CC(=O)O)C(=O)NC1Cc2cn(c3ccccc23)CCCCCCCNC1=O. The lowest BCUT2D eigenvalue weighted by atomic mass is 9.92. The van der Waals surface area contributed by atoms with Gasteiger partial charge in [-0.3, -0.25) is 14.4 Å². The second kappa shape index (κ2) is 11.9. The van der Waals surface area contributed by atoms with Crippen LogP contribution in [0.5, 0.6) is 0 Å². The zero-order chi connectivity index (χ0) is 23.8. The highest BCUT2D eigenvalue weighted by Gasteiger charge is 2.28. The molecule has 7 heteroatoms. The summed E-state index contributed by atoms with van der Waals surface area (Å²) in [7, 11) is 0. The topological polar surface area (TPSA) is 100 Å². The first kappa shape index (κ1) is 24.8. The molecule has 2 heterocycles. The van der Waals surface area contributed by atoms with Crippen molar-refractivity contribution < 1.29 is 19.5 Å². The number of fused-ring (bicyclic) bond motifs is 5. The maximum atomic E-state index is 13.1. The molecule has 1 aliphatic heterocycles. The second-order valence-corrected chi connectivity index (χ2v) is 9.61. The van der Waals surface area contributed by atoms with Crippen LogP contribution in [-0.2, 0) is 27.3 Å². The number of rotatable bonds is 6. The Bertz CT molecular complexity index is 966. The van der Waals surface area contributed by atoms with E-state index in [1.165, 1.54) is 0 Å². The predicted octanol–water partition coefficient (Wildman–Crippen LogP) is 3.89. The minimum atomic E-state index is -1.01. The summed E-state index contributed by atoms with van der Waals surface area (Å²) in [5.74, 6) is -2.07. The number of carboxylic acid groups (broad SMARTS) is 1. The quantitative estimate of drug-likeness (QED) is 0.615. The molecule has 2 bridgehead atoms. The highest BCUT2D eigenvalue weighted by molar-refractivity contribution is 5.91. The Balaban J connectivity index is 1.88. The fourth-order valence-electron chi connectivity index (χ4n) is 4.72. The Morgan fingerprint density at radius 3 is 2.64 bits per heavy atom. The Hall–Kier alpha value is -2.83. The van der Waals surface area contributed by atoms with E-state index < -0.39 is 17.9 Å². The van der Waals surface area contributed by atoms with Crippen LogP contribution < -0.4 is 10.6 Å². The molecule has 2 unspecified atom stereocenters. The van der Waals surface area contributed by atoms with Crippen molar-refractivity contribution in [3.8, 4) is 0 Å². The number of aromatic nitrogens is 1. The fourth-order valence-corrected chi connectivity index (χ4v) is 4.72. The molecule has 7 nitrogen and oxygen atoms in total. The first-order valence-electron chi connectivity index (χ1n) is 12.2. The summed E-state index contributed by atoms with van der Waals surface area (Å²) >= 11 is 0. The molecule has 180 valence electrons. The van der Waals surface area contributed by atoms with Gasteiger partial charge in [0.15, 0.2) is 0 Å². The number of nitrogens with one attached hydrogen (secondary N) is 2. The Morgan fingerprint density at radius 2 is 1.88 bits per heavy atom. The van der Waals surface area contributed by atoms with E-state index in [9.17, 15) is 19.5 Å². The van der Waals surface area contributed by atoms with Crippen molar-refractivity contribution in [3.05, 3.63) is 36.0 Å². The lowest BCUT2D eigenvalue weighted by molar-refractivity contribution is -0.141.